The first-order valence-corrected chi connectivity index (χ1v) is 7.65. The van der Waals surface area contributed by atoms with Crippen LogP contribution in [0.4, 0.5) is 5.69 Å². The molecule has 0 bridgehead atoms. The first-order valence-electron chi connectivity index (χ1n) is 7.65. The number of carbonyl (C=O) groups excluding carboxylic acids is 1. The van der Waals surface area contributed by atoms with Crippen molar-refractivity contribution >= 4 is 17.8 Å². The molecule has 0 aliphatic carbocycles. The molecule has 0 fully saturated rings. The lowest BCUT2D eigenvalue weighted by Gasteiger charge is -2.15. The Bertz CT molecular complexity index is 762. The molecule has 7 heteroatoms. The fraction of sp³-hybridized carbons (Fsp3) is 0.222. The van der Waals surface area contributed by atoms with Crippen molar-refractivity contribution in [2.45, 2.75) is 13.0 Å². The zero-order valence-corrected chi connectivity index (χ0v) is 14.3. The summed E-state index contributed by atoms with van der Waals surface area (Å²) in [4.78, 5) is 12.1. The number of aromatic hydroxyl groups is 1. The van der Waals surface area contributed by atoms with Crippen LogP contribution in [0.1, 0.15) is 12.5 Å². The summed E-state index contributed by atoms with van der Waals surface area (Å²) < 4.78 is 10.3. The fourth-order valence-corrected chi connectivity index (χ4v) is 2.13. The van der Waals surface area contributed by atoms with Gasteiger partial charge in [0.2, 0.25) is 0 Å². The molecule has 0 radical (unpaired) electrons. The average molecular weight is 343 g/mol. The molecule has 7 nitrogen and oxygen atoms in total. The monoisotopic (exact) mass is 343 g/mol. The molecule has 132 valence electrons. The number of para-hydroxylation sites is 3. The highest BCUT2D eigenvalue weighted by atomic mass is 16.5. The van der Waals surface area contributed by atoms with E-state index in [9.17, 15) is 9.90 Å². The highest BCUT2D eigenvalue weighted by Crippen LogP contribution is 2.28. The van der Waals surface area contributed by atoms with Crippen molar-refractivity contribution in [1.29, 1.82) is 0 Å². The van der Waals surface area contributed by atoms with Crippen LogP contribution in [0, 0.1) is 0 Å². The summed E-state index contributed by atoms with van der Waals surface area (Å²) in [6, 6.07) is 11.8. The van der Waals surface area contributed by atoms with Gasteiger partial charge in [-0.25, -0.2) is 5.43 Å². The number of rotatable bonds is 7. The maximum absolute atomic E-state index is 12.1. The number of amides is 1. The van der Waals surface area contributed by atoms with Gasteiger partial charge in [-0.1, -0.05) is 18.2 Å². The Kier molecular flexibility index (Phi) is 6.22. The van der Waals surface area contributed by atoms with Gasteiger partial charge in [0.25, 0.3) is 5.91 Å². The minimum Gasteiger partial charge on any atom is -0.504 e. The van der Waals surface area contributed by atoms with Crippen LogP contribution in [0.2, 0.25) is 0 Å². The molecule has 25 heavy (non-hydrogen) atoms. The summed E-state index contributed by atoms with van der Waals surface area (Å²) in [5, 5.41) is 16.9. The SMILES string of the molecule is COc1ccccc1N[C@@H](C)C(=O)N/N=C\c1cccc(OC)c1O. The van der Waals surface area contributed by atoms with Gasteiger partial charge in [0.05, 0.1) is 26.1 Å². The molecule has 0 saturated carbocycles. The van der Waals surface area contributed by atoms with Crippen LogP contribution >= 0.6 is 0 Å². The van der Waals surface area contributed by atoms with Gasteiger partial charge in [-0.3, -0.25) is 4.79 Å². The van der Waals surface area contributed by atoms with Gasteiger partial charge in [-0.05, 0) is 31.2 Å². The minimum atomic E-state index is -0.535. The predicted octanol–water partition coefficient (Wildman–Crippen LogP) is 2.36. The number of benzene rings is 2. The molecule has 2 rings (SSSR count). The summed E-state index contributed by atoms with van der Waals surface area (Å²) in [7, 11) is 3.03. The van der Waals surface area contributed by atoms with Gasteiger partial charge >= 0.3 is 0 Å². The van der Waals surface area contributed by atoms with E-state index in [0.29, 0.717) is 22.7 Å². The van der Waals surface area contributed by atoms with Crippen molar-refractivity contribution in [3.05, 3.63) is 48.0 Å². The lowest BCUT2D eigenvalue weighted by Crippen LogP contribution is -2.35. The molecule has 0 heterocycles. The van der Waals surface area contributed by atoms with E-state index in [1.165, 1.54) is 13.3 Å². The molecular formula is C18H21N3O4. The van der Waals surface area contributed by atoms with Crippen molar-refractivity contribution in [3.63, 3.8) is 0 Å². The summed E-state index contributed by atoms with van der Waals surface area (Å²) in [5.41, 5.74) is 3.57. The first kappa shape index (κ1) is 18.1. The van der Waals surface area contributed by atoms with Crippen LogP contribution in [0.15, 0.2) is 47.6 Å². The highest BCUT2D eigenvalue weighted by molar-refractivity contribution is 5.88. The van der Waals surface area contributed by atoms with Crippen molar-refractivity contribution in [2.75, 3.05) is 19.5 Å². The second-order valence-corrected chi connectivity index (χ2v) is 5.20. The number of anilines is 1. The normalized spacial score (nSPS) is 11.8. The maximum Gasteiger partial charge on any atom is 0.262 e. The van der Waals surface area contributed by atoms with Crippen LogP contribution in [-0.4, -0.2) is 37.5 Å². The van der Waals surface area contributed by atoms with Crippen LogP contribution < -0.4 is 20.2 Å². The third kappa shape index (κ3) is 4.63. The van der Waals surface area contributed by atoms with Crippen molar-refractivity contribution in [2.24, 2.45) is 5.10 Å². The standard InChI is InChI=1S/C18H21N3O4/c1-12(20-14-8-4-5-9-15(14)24-2)18(23)21-19-11-13-7-6-10-16(25-3)17(13)22/h4-12,20,22H,1-3H3,(H,21,23)/b19-11-/t12-/m0/s1. The Hall–Kier alpha value is -3.22. The second kappa shape index (κ2) is 8.58. The van der Waals surface area contributed by atoms with Gasteiger partial charge < -0.3 is 19.9 Å². The average Bonchev–Trinajstić information content (AvgIpc) is 2.63. The van der Waals surface area contributed by atoms with E-state index in [2.05, 4.69) is 15.8 Å². The molecule has 0 aliphatic heterocycles. The van der Waals surface area contributed by atoms with Gasteiger partial charge in [0.1, 0.15) is 11.8 Å². The zero-order chi connectivity index (χ0) is 18.2. The number of hydrazone groups is 1. The van der Waals surface area contributed by atoms with Crippen LogP contribution in [0.3, 0.4) is 0 Å². The highest BCUT2D eigenvalue weighted by Gasteiger charge is 2.14. The van der Waals surface area contributed by atoms with Crippen LogP contribution in [0.25, 0.3) is 0 Å². The molecule has 3 N–H and O–H groups in total. The molecule has 1 amide bonds. The van der Waals surface area contributed by atoms with E-state index >= 15 is 0 Å². The first-order chi connectivity index (χ1) is 12.1. The number of phenols is 1. The zero-order valence-electron chi connectivity index (χ0n) is 14.3. The summed E-state index contributed by atoms with van der Waals surface area (Å²) in [5.74, 6) is 0.612. The lowest BCUT2D eigenvalue weighted by molar-refractivity contribution is -0.121. The van der Waals surface area contributed by atoms with Crippen LogP contribution in [0.5, 0.6) is 17.2 Å². The maximum atomic E-state index is 12.1. The Morgan fingerprint density at radius 2 is 1.80 bits per heavy atom. The second-order valence-electron chi connectivity index (χ2n) is 5.20. The molecule has 2 aromatic carbocycles. The summed E-state index contributed by atoms with van der Waals surface area (Å²) in [6.45, 7) is 1.71. The van der Waals surface area contributed by atoms with Crippen molar-refractivity contribution in [3.8, 4) is 17.2 Å². The van der Waals surface area contributed by atoms with E-state index in [-0.39, 0.29) is 11.7 Å². The molecule has 0 unspecified atom stereocenters. The van der Waals surface area contributed by atoms with Crippen molar-refractivity contribution < 1.29 is 19.4 Å². The smallest absolute Gasteiger partial charge is 0.262 e. The number of nitrogens with zero attached hydrogens (tertiary/aromatic N) is 1. The molecule has 0 aromatic heterocycles. The number of hydrogen-bond acceptors (Lipinski definition) is 6. The predicted molar refractivity (Wildman–Crippen MR) is 96.5 cm³/mol. The Labute approximate surface area is 146 Å². The topological polar surface area (TPSA) is 92.2 Å². The number of carbonyl (C=O) groups is 1. The van der Waals surface area contributed by atoms with E-state index < -0.39 is 6.04 Å². The quantitative estimate of drug-likeness (QED) is 0.530. The third-order valence-electron chi connectivity index (χ3n) is 3.50. The molecule has 2 aromatic rings. The molecule has 1 atom stereocenters. The van der Waals surface area contributed by atoms with E-state index in [1.54, 1.807) is 38.3 Å². The molecule has 0 aliphatic rings. The summed E-state index contributed by atoms with van der Waals surface area (Å²) in [6.07, 6.45) is 1.35. The summed E-state index contributed by atoms with van der Waals surface area (Å²) >= 11 is 0. The Balaban J connectivity index is 1.98. The number of ether oxygens (including phenoxy) is 2. The van der Waals surface area contributed by atoms with Crippen molar-refractivity contribution in [1.82, 2.24) is 5.43 Å². The van der Waals surface area contributed by atoms with E-state index in [1.807, 2.05) is 18.2 Å². The molecule has 0 saturated heterocycles. The van der Waals surface area contributed by atoms with Crippen LogP contribution in [-0.2, 0) is 4.79 Å². The number of nitrogens with one attached hydrogen (secondary N) is 2. The minimum absolute atomic E-state index is 0.0387. The number of methoxy groups -OCH3 is 2. The number of phenolic OH excluding ortho intramolecular Hbond substituents is 1. The Morgan fingerprint density at radius 1 is 1.12 bits per heavy atom. The van der Waals surface area contributed by atoms with Gasteiger partial charge in [0, 0.05) is 5.56 Å². The lowest BCUT2D eigenvalue weighted by atomic mass is 10.2. The largest absolute Gasteiger partial charge is 0.504 e. The van der Waals surface area contributed by atoms with E-state index in [0.717, 1.165) is 0 Å². The third-order valence-corrected chi connectivity index (χ3v) is 3.50. The number of hydrogen-bond donors (Lipinski definition) is 3. The molecular weight excluding hydrogens is 322 g/mol. The Morgan fingerprint density at radius 3 is 2.52 bits per heavy atom. The molecule has 0 spiro atoms. The van der Waals surface area contributed by atoms with Gasteiger partial charge in [-0.15, -0.1) is 0 Å². The van der Waals surface area contributed by atoms with Gasteiger partial charge in [0.15, 0.2) is 11.5 Å². The van der Waals surface area contributed by atoms with Gasteiger partial charge in [-0.2, -0.15) is 5.10 Å². The fourth-order valence-electron chi connectivity index (χ4n) is 2.13. The van der Waals surface area contributed by atoms with E-state index in [4.69, 9.17) is 9.47 Å².